The van der Waals surface area contributed by atoms with Crippen molar-refractivity contribution in [1.82, 2.24) is 4.98 Å². The number of H-pyrrole nitrogens is 1. The molecule has 1 heterocycles. The summed E-state index contributed by atoms with van der Waals surface area (Å²) < 4.78 is 1.11. The van der Waals surface area contributed by atoms with Gasteiger partial charge in [-0.05, 0) is 18.1 Å². The van der Waals surface area contributed by atoms with Gasteiger partial charge in [0.05, 0.1) is 11.2 Å². The summed E-state index contributed by atoms with van der Waals surface area (Å²) in [7, 11) is 1.94. The highest BCUT2D eigenvalue weighted by molar-refractivity contribution is 9.12. The lowest BCUT2D eigenvalue weighted by Crippen LogP contribution is -2.21. The van der Waals surface area contributed by atoms with Crippen LogP contribution in [0.25, 0.3) is 29.1 Å². The standard InChI is InChI=1S/C16H15BrN2.C2H6.CH2O/c1-3-10-7-8-13-12-6-4-5-11(17)9-14(12)19-16(13)15(10)18-2;2*1-2/h3,5-9,18-19H,1,4H2,2H3;1-2H3;1H2. The average Bonchev–Trinajstić information content (AvgIpc) is 2.83. The fourth-order valence-electron chi connectivity index (χ4n) is 2.58. The van der Waals surface area contributed by atoms with Gasteiger partial charge in [-0.25, -0.2) is 0 Å². The molecule has 23 heavy (non-hydrogen) atoms. The number of benzene rings is 1. The van der Waals surface area contributed by atoms with Crippen molar-refractivity contribution in [3.05, 3.63) is 45.4 Å². The van der Waals surface area contributed by atoms with Crippen LogP contribution in [0, 0.1) is 0 Å². The summed E-state index contributed by atoms with van der Waals surface area (Å²) in [6.07, 6.45) is 9.37. The third kappa shape index (κ3) is 3.82. The molecule has 2 aromatic rings. The minimum Gasteiger partial charge on any atom is -0.386 e. The third-order valence-corrected chi connectivity index (χ3v) is 4.02. The Bertz CT molecular complexity index is 831. The van der Waals surface area contributed by atoms with E-state index in [9.17, 15) is 0 Å². The fraction of sp³-hybridized carbons (Fsp3) is 0.211. The normalized spacial score (nSPS) is 11.9. The lowest BCUT2D eigenvalue weighted by Gasteiger charge is -2.06. The molecule has 1 aliphatic carbocycles. The zero-order chi connectivity index (χ0) is 17.4. The van der Waals surface area contributed by atoms with Crippen molar-refractivity contribution in [2.24, 2.45) is 0 Å². The number of anilines is 1. The fourth-order valence-corrected chi connectivity index (χ4v) is 3.00. The summed E-state index contributed by atoms with van der Waals surface area (Å²) in [6, 6.07) is 4.27. The van der Waals surface area contributed by atoms with Crippen LogP contribution >= 0.6 is 15.9 Å². The predicted molar refractivity (Wildman–Crippen MR) is 106 cm³/mol. The number of carbonyl (C=O) groups excluding carboxylic acids is 1. The first-order valence-corrected chi connectivity index (χ1v) is 8.35. The summed E-state index contributed by atoms with van der Waals surface area (Å²) >= 11 is 3.56. The van der Waals surface area contributed by atoms with Crippen LogP contribution in [0.4, 0.5) is 5.69 Å². The number of hydrogen-bond donors (Lipinski definition) is 2. The highest BCUT2D eigenvalue weighted by Gasteiger charge is 2.09. The topological polar surface area (TPSA) is 44.9 Å². The van der Waals surface area contributed by atoms with Gasteiger partial charge in [0.1, 0.15) is 6.79 Å². The van der Waals surface area contributed by atoms with Crippen LogP contribution in [0.2, 0.25) is 0 Å². The molecular weight excluding hydrogens is 352 g/mol. The number of hydrogen-bond acceptors (Lipinski definition) is 2. The highest BCUT2D eigenvalue weighted by atomic mass is 79.9. The van der Waals surface area contributed by atoms with Gasteiger partial charge in [0.2, 0.25) is 0 Å². The van der Waals surface area contributed by atoms with E-state index < -0.39 is 0 Å². The molecular formula is C19H23BrN2O. The van der Waals surface area contributed by atoms with Gasteiger partial charge in [0.15, 0.2) is 0 Å². The summed E-state index contributed by atoms with van der Waals surface area (Å²) in [6.45, 7) is 9.87. The maximum absolute atomic E-state index is 8.00. The number of allylic oxidation sites excluding steroid dienone is 2. The molecule has 4 heteroatoms. The van der Waals surface area contributed by atoms with E-state index in [0.717, 1.165) is 33.0 Å². The van der Waals surface area contributed by atoms with Crippen LogP contribution in [-0.2, 0) is 4.79 Å². The van der Waals surface area contributed by atoms with Gasteiger partial charge in [-0.1, -0.05) is 66.7 Å². The Morgan fingerprint density at radius 3 is 2.57 bits per heavy atom. The maximum atomic E-state index is 8.00. The molecule has 0 saturated carbocycles. The minimum atomic E-state index is 0.940. The van der Waals surface area contributed by atoms with Crippen molar-refractivity contribution < 1.29 is 4.79 Å². The van der Waals surface area contributed by atoms with Crippen LogP contribution < -0.4 is 15.9 Å². The molecule has 1 aromatic carbocycles. The second-order valence-corrected chi connectivity index (χ2v) is 5.45. The second-order valence-electron chi connectivity index (χ2n) is 4.53. The van der Waals surface area contributed by atoms with Crippen LogP contribution in [0.1, 0.15) is 25.8 Å². The number of rotatable bonds is 2. The number of fused-ring (bicyclic) bond motifs is 3. The van der Waals surface area contributed by atoms with Crippen molar-refractivity contribution >= 4 is 57.5 Å². The Balaban J connectivity index is 0.000000615. The molecule has 3 rings (SSSR count). The van der Waals surface area contributed by atoms with Gasteiger partial charge < -0.3 is 15.1 Å². The SMILES string of the molecule is C=Cc1ccc2c3c([nH]c2c1NC)=CC(Br)=CCC=3.C=O.CC. The van der Waals surface area contributed by atoms with Gasteiger partial charge in [-0.2, -0.15) is 0 Å². The molecule has 0 fully saturated rings. The molecule has 1 aliphatic rings. The molecule has 122 valence electrons. The molecule has 3 nitrogen and oxygen atoms in total. The Labute approximate surface area is 145 Å². The van der Waals surface area contributed by atoms with Crippen molar-refractivity contribution in [1.29, 1.82) is 0 Å². The number of halogens is 1. The van der Waals surface area contributed by atoms with Crippen molar-refractivity contribution in [3.8, 4) is 0 Å². The van der Waals surface area contributed by atoms with E-state index in [-0.39, 0.29) is 0 Å². The molecule has 1 aromatic heterocycles. The Morgan fingerprint density at radius 1 is 1.26 bits per heavy atom. The van der Waals surface area contributed by atoms with Crippen LogP contribution in [0.5, 0.6) is 0 Å². The number of aromatic nitrogens is 1. The summed E-state index contributed by atoms with van der Waals surface area (Å²) in [5.74, 6) is 0. The van der Waals surface area contributed by atoms with Crippen molar-refractivity contribution in [3.63, 3.8) is 0 Å². The second kappa shape index (κ2) is 9.16. The molecule has 0 amide bonds. The van der Waals surface area contributed by atoms with E-state index in [4.69, 9.17) is 4.79 Å². The monoisotopic (exact) mass is 374 g/mol. The predicted octanol–water partition coefficient (Wildman–Crippen LogP) is 3.94. The lowest BCUT2D eigenvalue weighted by molar-refractivity contribution is -0.0979. The van der Waals surface area contributed by atoms with Crippen molar-refractivity contribution in [2.75, 3.05) is 12.4 Å². The molecule has 0 radical (unpaired) electrons. The molecule has 0 saturated heterocycles. The maximum Gasteiger partial charge on any atom is 0.106 e. The van der Waals surface area contributed by atoms with E-state index in [1.165, 1.54) is 10.6 Å². The highest BCUT2D eigenvalue weighted by Crippen LogP contribution is 2.24. The average molecular weight is 375 g/mol. The first-order chi connectivity index (χ1) is 11.2. The smallest absolute Gasteiger partial charge is 0.106 e. The first kappa shape index (κ1) is 19.0. The van der Waals surface area contributed by atoms with Crippen LogP contribution in [0.3, 0.4) is 0 Å². The van der Waals surface area contributed by atoms with E-state index in [0.29, 0.717) is 0 Å². The minimum absolute atomic E-state index is 0.940. The molecule has 0 aliphatic heterocycles. The summed E-state index contributed by atoms with van der Waals surface area (Å²) in [5.41, 5.74) is 3.35. The number of aromatic amines is 1. The lowest BCUT2D eigenvalue weighted by atomic mass is 10.1. The third-order valence-electron chi connectivity index (χ3n) is 3.46. The molecule has 0 atom stereocenters. The van der Waals surface area contributed by atoms with Gasteiger partial charge in [0, 0.05) is 27.5 Å². The zero-order valence-corrected chi connectivity index (χ0v) is 15.5. The number of nitrogens with one attached hydrogen (secondary N) is 2. The molecule has 2 N–H and O–H groups in total. The molecule has 0 unspecified atom stereocenters. The van der Waals surface area contributed by atoms with Crippen molar-refractivity contribution in [2.45, 2.75) is 20.3 Å². The van der Waals surface area contributed by atoms with Crippen LogP contribution in [-0.4, -0.2) is 18.8 Å². The molecule has 0 bridgehead atoms. The van der Waals surface area contributed by atoms with E-state index in [2.05, 4.69) is 63.2 Å². The Kier molecular flexibility index (Phi) is 7.55. The van der Waals surface area contributed by atoms with Gasteiger partial charge in [-0.3, -0.25) is 0 Å². The summed E-state index contributed by atoms with van der Waals surface area (Å²) in [4.78, 5) is 11.5. The van der Waals surface area contributed by atoms with Gasteiger partial charge >= 0.3 is 0 Å². The zero-order valence-electron chi connectivity index (χ0n) is 13.9. The summed E-state index contributed by atoms with van der Waals surface area (Å²) in [5, 5.41) is 6.93. The Hall–Kier alpha value is -2.07. The van der Waals surface area contributed by atoms with E-state index in [1.807, 2.05) is 33.8 Å². The Morgan fingerprint density at radius 2 is 1.96 bits per heavy atom. The quantitative estimate of drug-likeness (QED) is 0.835. The van der Waals surface area contributed by atoms with E-state index >= 15 is 0 Å². The van der Waals surface area contributed by atoms with Gasteiger partial charge in [-0.15, -0.1) is 0 Å². The van der Waals surface area contributed by atoms with Gasteiger partial charge in [0.25, 0.3) is 0 Å². The first-order valence-electron chi connectivity index (χ1n) is 7.56. The number of carbonyl (C=O) groups is 1. The largest absolute Gasteiger partial charge is 0.386 e. The molecule has 0 spiro atoms. The van der Waals surface area contributed by atoms with E-state index in [1.54, 1.807) is 0 Å². The van der Waals surface area contributed by atoms with Crippen LogP contribution in [0.15, 0.2) is 29.3 Å².